The quantitative estimate of drug-likeness (QED) is 0.0342. The molecular formula is C46H64N2O13. The van der Waals surface area contributed by atoms with Crippen LogP contribution in [0.5, 0.6) is 23.0 Å². The summed E-state index contributed by atoms with van der Waals surface area (Å²) in [6, 6.07) is 0. The Hall–Kier alpha value is -5.12. The molecule has 61 heavy (non-hydrogen) atoms. The number of carbonyl (C=O) groups excluding carboxylic acids is 3. The predicted molar refractivity (Wildman–Crippen MR) is 231 cm³/mol. The molecule has 6 N–H and O–H groups in total. The number of ketones is 1. The lowest BCUT2D eigenvalue weighted by Crippen LogP contribution is -2.46. The number of phenolic OH excluding ortho intramolecular Hbond substituents is 3. The number of aliphatic hydroxyl groups excluding tert-OH is 2. The van der Waals surface area contributed by atoms with E-state index in [1.54, 1.807) is 39.8 Å². The number of phenols is 3. The maximum absolute atomic E-state index is 14.4. The topological polar surface area (TPSA) is 223 Å². The number of oxime groups is 1. The summed E-state index contributed by atoms with van der Waals surface area (Å²) in [6.45, 7) is 16.5. The number of carbonyl (C=O) groups is 3. The van der Waals surface area contributed by atoms with Crippen molar-refractivity contribution < 1.29 is 63.7 Å². The predicted octanol–water partition coefficient (Wildman–Crippen LogP) is 7.46. The molecule has 0 saturated carbocycles. The number of ether oxygens (including phenoxy) is 4. The molecule has 0 aliphatic carbocycles. The Morgan fingerprint density at radius 3 is 2.28 bits per heavy atom. The van der Waals surface area contributed by atoms with E-state index in [1.807, 2.05) is 6.92 Å². The fraction of sp³-hybridized carbons (Fsp3) is 0.565. The zero-order chi connectivity index (χ0) is 45.5. The van der Waals surface area contributed by atoms with Crippen LogP contribution in [-0.4, -0.2) is 92.8 Å². The molecule has 336 valence electrons. The molecule has 3 aliphatic rings. The first-order valence-corrected chi connectivity index (χ1v) is 21.0. The second kappa shape index (κ2) is 20.6. The largest absolute Gasteiger partial charge is 0.507 e. The smallest absolute Gasteiger partial charge is 0.312 e. The first kappa shape index (κ1) is 48.5. The van der Waals surface area contributed by atoms with Crippen LogP contribution in [0.2, 0.25) is 0 Å². The molecular weight excluding hydrogens is 789 g/mol. The summed E-state index contributed by atoms with van der Waals surface area (Å²) in [7, 11) is 1.43. The van der Waals surface area contributed by atoms with Crippen molar-refractivity contribution in [2.24, 2.45) is 28.8 Å². The molecule has 5 bridgehead atoms. The summed E-state index contributed by atoms with van der Waals surface area (Å²) < 4.78 is 23.6. The molecule has 1 amide bonds. The highest BCUT2D eigenvalue weighted by molar-refractivity contribution is 6.23. The summed E-state index contributed by atoms with van der Waals surface area (Å²) in [5.41, 5.74) is -0.546. The number of hydrogen-bond donors (Lipinski definition) is 6. The minimum absolute atomic E-state index is 0.0409. The van der Waals surface area contributed by atoms with Gasteiger partial charge in [-0.15, -0.1) is 0 Å². The lowest BCUT2D eigenvalue weighted by Gasteiger charge is -2.38. The number of nitrogens with zero attached hydrogens (tertiary/aromatic N) is 1. The van der Waals surface area contributed by atoms with Gasteiger partial charge in [-0.05, 0) is 39.2 Å². The van der Waals surface area contributed by atoms with Crippen LogP contribution in [0, 0.1) is 30.6 Å². The molecule has 0 aromatic heterocycles. The molecule has 15 nitrogen and oxygen atoms in total. The normalized spacial score (nSPS) is 30.0. The van der Waals surface area contributed by atoms with Gasteiger partial charge in [-0.1, -0.05) is 77.8 Å². The van der Waals surface area contributed by atoms with E-state index >= 15 is 0 Å². The number of esters is 1. The van der Waals surface area contributed by atoms with Crippen LogP contribution in [0.4, 0.5) is 5.69 Å². The van der Waals surface area contributed by atoms with Gasteiger partial charge in [0.15, 0.2) is 5.75 Å². The van der Waals surface area contributed by atoms with E-state index in [2.05, 4.69) is 17.4 Å². The zero-order valence-electron chi connectivity index (χ0n) is 37.1. The minimum Gasteiger partial charge on any atom is -0.507 e. The Kier molecular flexibility index (Phi) is 16.4. The van der Waals surface area contributed by atoms with E-state index in [0.29, 0.717) is 6.42 Å². The van der Waals surface area contributed by atoms with Gasteiger partial charge in [-0.2, -0.15) is 0 Å². The van der Waals surface area contributed by atoms with Crippen molar-refractivity contribution in [2.75, 3.05) is 12.4 Å². The standard InChI is InChI=1S/C46H64N2O13/c1-12-14-15-19-30(13-2)61-47-22-31-36-41(54)34-33(40(31)53)35-43(28(8)39(34)52)60-46(10,44(35)55)58-21-20-32(57-11)25(5)42(59-29(9)49)27(7)38(51)26(6)37(50)23(3)17-16-18-24(4)45(56)48-36/h16-18,20-23,25-27,30,32,37-38,42,50-54H,12-15,19H2,1-11H3,(H,48,56)/b17-16+,21-20+,24-18-,47-22+/t23-,25+,26+,27+,30?,32-,37-,38+,42+,46-/m0/s1. The monoisotopic (exact) mass is 852 g/mol. The Morgan fingerprint density at radius 1 is 0.967 bits per heavy atom. The van der Waals surface area contributed by atoms with Crippen molar-refractivity contribution in [3.63, 3.8) is 0 Å². The molecule has 0 radical (unpaired) electrons. The number of Topliss-reactive ketones (excluding diaryl/α,β-unsaturated/α-hetero) is 1. The third kappa shape index (κ3) is 10.3. The van der Waals surface area contributed by atoms with Crippen molar-refractivity contribution >= 4 is 40.3 Å². The molecule has 15 heteroatoms. The van der Waals surface area contributed by atoms with Crippen molar-refractivity contribution in [3.05, 3.63) is 52.8 Å². The van der Waals surface area contributed by atoms with Crippen LogP contribution in [-0.2, 0) is 28.6 Å². The molecule has 1 unspecified atom stereocenters. The summed E-state index contributed by atoms with van der Waals surface area (Å²) in [4.78, 5) is 46.3. The van der Waals surface area contributed by atoms with Gasteiger partial charge in [0.2, 0.25) is 0 Å². The first-order chi connectivity index (χ1) is 28.8. The molecule has 10 atom stereocenters. The number of unbranched alkanes of at least 4 members (excludes halogenated alkanes) is 2. The van der Waals surface area contributed by atoms with Gasteiger partial charge in [0.1, 0.15) is 29.5 Å². The number of aromatic hydroxyl groups is 3. The third-order valence-corrected chi connectivity index (χ3v) is 12.0. The van der Waals surface area contributed by atoms with Gasteiger partial charge in [0.05, 0.1) is 53.0 Å². The SMILES string of the molecule is CCCCCC(CC)O/N=C/c1c2c(O)c3c(O)c(C)c4c(c3c1O)C(=O)[C@@](C)(O/C=C/[C@H](OC)[C@@H](C)[C@@H](OC(C)=O)[C@H](C)[C@H](O)[C@H](C)[C@@H](O)[C@@H](C)/C=C/C=C(/C)C(=O)N2)O4. The van der Waals surface area contributed by atoms with E-state index < -0.39 is 88.8 Å². The molecule has 2 aromatic carbocycles. The Bertz CT molecular complexity index is 2060. The number of methoxy groups -OCH3 is 1. The molecule has 0 spiro atoms. The lowest BCUT2D eigenvalue weighted by atomic mass is 9.78. The van der Waals surface area contributed by atoms with Crippen LogP contribution in [0.15, 0.2) is 41.3 Å². The van der Waals surface area contributed by atoms with Crippen LogP contribution in [0.3, 0.4) is 0 Å². The number of rotatable bonds is 10. The second-order valence-corrected chi connectivity index (χ2v) is 16.5. The maximum atomic E-state index is 14.4. The van der Waals surface area contributed by atoms with Gasteiger partial charge in [-0.3, -0.25) is 14.4 Å². The summed E-state index contributed by atoms with van der Waals surface area (Å²) in [5, 5.41) is 64.6. The van der Waals surface area contributed by atoms with Crippen molar-refractivity contribution in [3.8, 4) is 23.0 Å². The van der Waals surface area contributed by atoms with E-state index in [-0.39, 0.29) is 50.6 Å². The number of nitrogens with one attached hydrogen (secondary N) is 1. The van der Waals surface area contributed by atoms with Crippen LogP contribution >= 0.6 is 0 Å². The average molecular weight is 853 g/mol. The van der Waals surface area contributed by atoms with Gasteiger partial charge in [0.25, 0.3) is 11.7 Å². The van der Waals surface area contributed by atoms with E-state index in [0.717, 1.165) is 31.9 Å². The molecule has 3 aliphatic heterocycles. The minimum atomic E-state index is -2.06. The van der Waals surface area contributed by atoms with E-state index in [1.165, 1.54) is 53.2 Å². The highest BCUT2D eigenvalue weighted by Gasteiger charge is 2.50. The Labute approximate surface area is 358 Å². The van der Waals surface area contributed by atoms with Crippen molar-refractivity contribution in [1.29, 1.82) is 0 Å². The van der Waals surface area contributed by atoms with Crippen LogP contribution < -0.4 is 10.1 Å². The number of fused-ring (bicyclic) bond motifs is 14. The molecule has 2 aromatic rings. The zero-order valence-corrected chi connectivity index (χ0v) is 37.1. The summed E-state index contributed by atoms with van der Waals surface area (Å²) in [5.74, 6) is -8.57. The molecule has 0 saturated heterocycles. The number of anilines is 1. The third-order valence-electron chi connectivity index (χ3n) is 12.0. The highest BCUT2D eigenvalue weighted by Crippen LogP contribution is 2.55. The molecule has 5 rings (SSSR count). The molecule has 0 fully saturated rings. The number of hydrogen-bond acceptors (Lipinski definition) is 14. The summed E-state index contributed by atoms with van der Waals surface area (Å²) in [6.07, 6.45) is 8.67. The van der Waals surface area contributed by atoms with Crippen LogP contribution in [0.1, 0.15) is 116 Å². The summed E-state index contributed by atoms with van der Waals surface area (Å²) >= 11 is 0. The first-order valence-electron chi connectivity index (χ1n) is 21.0. The average Bonchev–Trinajstić information content (AvgIpc) is 3.49. The van der Waals surface area contributed by atoms with Gasteiger partial charge in [0, 0.05) is 61.2 Å². The fourth-order valence-corrected chi connectivity index (χ4v) is 8.00. The Balaban J connectivity index is 1.96. The van der Waals surface area contributed by atoms with Gasteiger partial charge >= 0.3 is 11.8 Å². The van der Waals surface area contributed by atoms with Crippen molar-refractivity contribution in [1.82, 2.24) is 0 Å². The van der Waals surface area contributed by atoms with Crippen LogP contribution in [0.25, 0.3) is 10.8 Å². The molecule has 3 heterocycles. The Morgan fingerprint density at radius 2 is 1.66 bits per heavy atom. The lowest BCUT2D eigenvalue weighted by molar-refractivity contribution is -0.160. The second-order valence-electron chi connectivity index (χ2n) is 16.5. The highest BCUT2D eigenvalue weighted by atomic mass is 16.7. The van der Waals surface area contributed by atoms with Gasteiger partial charge < -0.3 is 54.6 Å². The van der Waals surface area contributed by atoms with Gasteiger partial charge in [-0.25, -0.2) is 0 Å². The van der Waals surface area contributed by atoms with E-state index in [4.69, 9.17) is 23.8 Å². The maximum Gasteiger partial charge on any atom is 0.312 e. The van der Waals surface area contributed by atoms with Crippen molar-refractivity contribution in [2.45, 2.75) is 138 Å². The van der Waals surface area contributed by atoms with E-state index in [9.17, 15) is 39.9 Å². The number of allylic oxidation sites excluding steroid dienone is 2. The number of amides is 1. The fourth-order valence-electron chi connectivity index (χ4n) is 8.00. The number of aliphatic hydroxyl groups is 2. The number of benzene rings is 2.